The topological polar surface area (TPSA) is 78.5 Å². The Kier molecular flexibility index (Phi) is 7.25. The van der Waals surface area contributed by atoms with Gasteiger partial charge in [-0.15, -0.1) is 0 Å². The van der Waals surface area contributed by atoms with Crippen LogP contribution in [0.15, 0.2) is 24.3 Å². The minimum Gasteiger partial charge on any atom is -0.372 e. The summed E-state index contributed by atoms with van der Waals surface area (Å²) in [6.45, 7) is 6.10. The molecule has 2 N–H and O–H groups in total. The summed E-state index contributed by atoms with van der Waals surface area (Å²) in [5, 5.41) is 2.72. The van der Waals surface area contributed by atoms with Crippen molar-refractivity contribution in [3.8, 4) is 0 Å². The van der Waals surface area contributed by atoms with Gasteiger partial charge in [-0.1, -0.05) is 20.3 Å². The summed E-state index contributed by atoms with van der Waals surface area (Å²) in [6.07, 6.45) is 3.80. The van der Waals surface area contributed by atoms with Crippen LogP contribution in [-0.4, -0.2) is 39.7 Å². The highest BCUT2D eigenvalue weighted by atomic mass is 32.2. The molecule has 0 saturated carbocycles. The molecule has 0 atom stereocenters. The second-order valence-electron chi connectivity index (χ2n) is 6.76. The minimum absolute atomic E-state index is 0.0555. The van der Waals surface area contributed by atoms with Crippen LogP contribution in [0.5, 0.6) is 0 Å². The molecule has 25 heavy (non-hydrogen) atoms. The van der Waals surface area contributed by atoms with Crippen molar-refractivity contribution in [1.82, 2.24) is 4.72 Å². The van der Waals surface area contributed by atoms with Gasteiger partial charge in [0.25, 0.3) is 0 Å². The predicted octanol–water partition coefficient (Wildman–Crippen LogP) is 2.58. The van der Waals surface area contributed by atoms with E-state index in [2.05, 4.69) is 21.9 Å². The Morgan fingerprint density at radius 3 is 2.44 bits per heavy atom. The van der Waals surface area contributed by atoms with E-state index in [0.717, 1.165) is 31.1 Å². The number of rotatable bonds is 8. The molecule has 0 aromatic heterocycles. The number of sulfonamides is 1. The number of hydrogen-bond donors (Lipinski definition) is 2. The third kappa shape index (κ3) is 6.66. The van der Waals surface area contributed by atoms with Crippen molar-refractivity contribution in [2.75, 3.05) is 35.6 Å². The molecule has 1 heterocycles. The molecule has 0 radical (unpaired) electrons. The second kappa shape index (κ2) is 9.20. The summed E-state index contributed by atoms with van der Waals surface area (Å²) in [5.41, 5.74) is 1.83. The zero-order chi connectivity index (χ0) is 18.3. The molecule has 1 saturated heterocycles. The summed E-state index contributed by atoms with van der Waals surface area (Å²) in [7, 11) is -3.37. The van der Waals surface area contributed by atoms with E-state index in [0.29, 0.717) is 12.1 Å². The van der Waals surface area contributed by atoms with Crippen LogP contribution < -0.4 is 14.9 Å². The van der Waals surface area contributed by atoms with Gasteiger partial charge >= 0.3 is 0 Å². The second-order valence-corrected chi connectivity index (χ2v) is 8.68. The van der Waals surface area contributed by atoms with E-state index in [4.69, 9.17) is 0 Å². The monoisotopic (exact) mass is 367 g/mol. The van der Waals surface area contributed by atoms with Gasteiger partial charge in [0.15, 0.2) is 0 Å². The molecule has 1 amide bonds. The zero-order valence-corrected chi connectivity index (χ0v) is 15.9. The molecule has 0 unspecified atom stereocenters. The first-order valence-electron chi connectivity index (χ1n) is 9.02. The number of nitrogens with one attached hydrogen (secondary N) is 2. The fourth-order valence-corrected chi connectivity index (χ4v) is 3.97. The van der Waals surface area contributed by atoms with Crippen LogP contribution in [0.2, 0.25) is 0 Å². The molecule has 1 aromatic carbocycles. The number of hydrogen-bond acceptors (Lipinski definition) is 4. The number of amides is 1. The highest BCUT2D eigenvalue weighted by molar-refractivity contribution is 7.89. The molecule has 6 nitrogen and oxygen atoms in total. The van der Waals surface area contributed by atoms with Crippen LogP contribution >= 0.6 is 0 Å². The van der Waals surface area contributed by atoms with Crippen molar-refractivity contribution in [1.29, 1.82) is 0 Å². The van der Waals surface area contributed by atoms with E-state index in [1.54, 1.807) is 0 Å². The van der Waals surface area contributed by atoms with Crippen molar-refractivity contribution in [2.45, 2.75) is 39.5 Å². The van der Waals surface area contributed by atoms with Gasteiger partial charge in [0.2, 0.25) is 15.9 Å². The van der Waals surface area contributed by atoms with Crippen LogP contribution in [0, 0.1) is 5.92 Å². The van der Waals surface area contributed by atoms with Gasteiger partial charge in [0, 0.05) is 24.5 Å². The summed E-state index contributed by atoms with van der Waals surface area (Å²) in [4.78, 5) is 14.3. The summed E-state index contributed by atoms with van der Waals surface area (Å²) >= 11 is 0. The first-order chi connectivity index (χ1) is 11.9. The maximum absolute atomic E-state index is 11.9. The van der Waals surface area contributed by atoms with E-state index in [-0.39, 0.29) is 18.2 Å². The Bertz CT molecular complexity index is 651. The van der Waals surface area contributed by atoms with Crippen molar-refractivity contribution >= 4 is 27.3 Å². The molecule has 0 aliphatic carbocycles. The first-order valence-corrected chi connectivity index (χ1v) is 10.7. The quantitative estimate of drug-likeness (QED) is 0.740. The molecular formula is C18H29N3O3S. The van der Waals surface area contributed by atoms with Crippen molar-refractivity contribution in [3.63, 3.8) is 0 Å². The lowest BCUT2D eigenvalue weighted by Gasteiger charge is -2.32. The number of nitrogens with zero attached hydrogens (tertiary/aromatic N) is 1. The smallest absolute Gasteiger partial charge is 0.239 e. The van der Waals surface area contributed by atoms with Crippen LogP contribution in [-0.2, 0) is 14.8 Å². The Morgan fingerprint density at radius 2 is 1.84 bits per heavy atom. The molecular weight excluding hydrogens is 338 g/mol. The van der Waals surface area contributed by atoms with Gasteiger partial charge in [-0.25, -0.2) is 13.1 Å². The molecule has 1 aliphatic rings. The molecule has 1 aromatic rings. The van der Waals surface area contributed by atoms with Gasteiger partial charge < -0.3 is 10.2 Å². The van der Waals surface area contributed by atoms with E-state index in [1.807, 2.05) is 31.2 Å². The van der Waals surface area contributed by atoms with E-state index >= 15 is 0 Å². The highest BCUT2D eigenvalue weighted by Crippen LogP contribution is 2.24. The SMILES string of the molecule is CCCCS(=O)(=O)NCC(=O)Nc1ccc(N2CCC(C)CC2)cc1. The molecule has 2 rings (SSSR count). The van der Waals surface area contributed by atoms with Crippen molar-refractivity contribution < 1.29 is 13.2 Å². The third-order valence-corrected chi connectivity index (χ3v) is 5.93. The van der Waals surface area contributed by atoms with E-state index < -0.39 is 10.0 Å². The van der Waals surface area contributed by atoms with Crippen molar-refractivity contribution in [3.05, 3.63) is 24.3 Å². The number of anilines is 2. The fraction of sp³-hybridized carbons (Fsp3) is 0.611. The molecule has 0 spiro atoms. The predicted molar refractivity (Wildman–Crippen MR) is 102 cm³/mol. The Hall–Kier alpha value is -1.60. The Balaban J connectivity index is 1.81. The van der Waals surface area contributed by atoms with Gasteiger partial charge in [-0.3, -0.25) is 4.79 Å². The van der Waals surface area contributed by atoms with Crippen LogP contribution in [0.25, 0.3) is 0 Å². The lowest BCUT2D eigenvalue weighted by molar-refractivity contribution is -0.115. The number of piperidine rings is 1. The number of benzene rings is 1. The normalized spacial score (nSPS) is 16.0. The van der Waals surface area contributed by atoms with Crippen LogP contribution in [0.4, 0.5) is 11.4 Å². The highest BCUT2D eigenvalue weighted by Gasteiger charge is 2.16. The molecule has 0 bridgehead atoms. The Labute approximate surface area is 151 Å². The minimum atomic E-state index is -3.37. The summed E-state index contributed by atoms with van der Waals surface area (Å²) in [6, 6.07) is 7.71. The lowest BCUT2D eigenvalue weighted by Crippen LogP contribution is -2.34. The van der Waals surface area contributed by atoms with Crippen molar-refractivity contribution in [2.24, 2.45) is 5.92 Å². The first kappa shape index (κ1) is 19.7. The largest absolute Gasteiger partial charge is 0.372 e. The van der Waals surface area contributed by atoms with Gasteiger partial charge in [0.05, 0.1) is 12.3 Å². The van der Waals surface area contributed by atoms with E-state index in [1.165, 1.54) is 12.8 Å². The van der Waals surface area contributed by atoms with Crippen LogP contribution in [0.3, 0.4) is 0 Å². The third-order valence-electron chi connectivity index (χ3n) is 4.52. The average Bonchev–Trinajstić information content (AvgIpc) is 2.60. The fourth-order valence-electron chi connectivity index (χ4n) is 2.81. The summed E-state index contributed by atoms with van der Waals surface area (Å²) < 4.78 is 25.7. The molecule has 1 fully saturated rings. The number of carbonyl (C=O) groups is 1. The lowest BCUT2D eigenvalue weighted by atomic mass is 9.99. The average molecular weight is 368 g/mol. The Morgan fingerprint density at radius 1 is 1.20 bits per heavy atom. The zero-order valence-electron chi connectivity index (χ0n) is 15.1. The standard InChI is InChI=1S/C18H29N3O3S/c1-3-4-13-25(23,24)19-14-18(22)20-16-5-7-17(8-6-16)21-11-9-15(2)10-12-21/h5-8,15,19H,3-4,9-14H2,1-2H3,(H,20,22). The van der Waals surface area contributed by atoms with E-state index in [9.17, 15) is 13.2 Å². The van der Waals surface area contributed by atoms with Gasteiger partial charge in [-0.05, 0) is 49.4 Å². The summed E-state index contributed by atoms with van der Waals surface area (Å²) in [5.74, 6) is 0.482. The maximum Gasteiger partial charge on any atom is 0.239 e. The molecule has 1 aliphatic heterocycles. The maximum atomic E-state index is 11.9. The van der Waals surface area contributed by atoms with Crippen LogP contribution in [0.1, 0.15) is 39.5 Å². The van der Waals surface area contributed by atoms with Gasteiger partial charge in [-0.2, -0.15) is 0 Å². The number of carbonyl (C=O) groups excluding carboxylic acids is 1. The molecule has 140 valence electrons. The molecule has 7 heteroatoms. The number of unbranched alkanes of at least 4 members (excludes halogenated alkanes) is 1. The van der Waals surface area contributed by atoms with Gasteiger partial charge in [0.1, 0.15) is 0 Å².